The third-order valence-corrected chi connectivity index (χ3v) is 3.58. The van der Waals surface area contributed by atoms with Crippen molar-refractivity contribution in [3.63, 3.8) is 0 Å². The fourth-order valence-corrected chi connectivity index (χ4v) is 2.31. The number of benzene rings is 2. The van der Waals surface area contributed by atoms with E-state index >= 15 is 0 Å². The van der Waals surface area contributed by atoms with Crippen molar-refractivity contribution in [3.05, 3.63) is 53.6 Å². The molecule has 0 heterocycles. The number of ether oxygens (including phenoxy) is 2. The second-order valence-corrected chi connectivity index (χ2v) is 5.86. The van der Waals surface area contributed by atoms with E-state index in [0.717, 1.165) is 5.56 Å². The molecule has 0 aliphatic heterocycles. The summed E-state index contributed by atoms with van der Waals surface area (Å²) in [6.45, 7) is 4.19. The molecule has 1 amide bonds. The maximum atomic E-state index is 12.2. The fourth-order valence-electron chi connectivity index (χ4n) is 2.31. The van der Waals surface area contributed by atoms with Crippen LogP contribution < -0.4 is 9.47 Å². The van der Waals surface area contributed by atoms with E-state index < -0.39 is 0 Å². The van der Waals surface area contributed by atoms with Gasteiger partial charge in [-0.15, -0.1) is 0 Å². The van der Waals surface area contributed by atoms with Crippen molar-refractivity contribution in [2.24, 2.45) is 0 Å². The van der Waals surface area contributed by atoms with Gasteiger partial charge in [0.25, 0.3) is 5.91 Å². The highest BCUT2D eigenvalue weighted by molar-refractivity contribution is 5.94. The standard InChI is InChI=1S/C19H23NO3/c1-13(2)15-11-10-14(19(21)20(3)4)12-18(15)23-17-9-7-6-8-16(17)22-5/h6-13H,1-5H3. The van der Waals surface area contributed by atoms with Crippen LogP contribution in [0.5, 0.6) is 17.2 Å². The zero-order valence-corrected chi connectivity index (χ0v) is 14.3. The van der Waals surface area contributed by atoms with Crippen molar-refractivity contribution in [2.45, 2.75) is 19.8 Å². The molecule has 0 saturated heterocycles. The fraction of sp³-hybridized carbons (Fsp3) is 0.316. The zero-order valence-electron chi connectivity index (χ0n) is 14.3. The summed E-state index contributed by atoms with van der Waals surface area (Å²) in [6.07, 6.45) is 0. The van der Waals surface area contributed by atoms with Crippen molar-refractivity contribution in [1.29, 1.82) is 0 Å². The summed E-state index contributed by atoms with van der Waals surface area (Å²) in [5.74, 6) is 2.20. The number of hydrogen-bond donors (Lipinski definition) is 0. The lowest BCUT2D eigenvalue weighted by Crippen LogP contribution is -2.21. The summed E-state index contributed by atoms with van der Waals surface area (Å²) in [6, 6.07) is 13.1. The van der Waals surface area contributed by atoms with Crippen molar-refractivity contribution in [2.75, 3.05) is 21.2 Å². The second-order valence-electron chi connectivity index (χ2n) is 5.86. The third kappa shape index (κ3) is 3.83. The molecule has 0 bridgehead atoms. The van der Waals surface area contributed by atoms with Gasteiger partial charge in [0.05, 0.1) is 7.11 Å². The normalized spacial score (nSPS) is 10.5. The third-order valence-electron chi connectivity index (χ3n) is 3.58. The number of carbonyl (C=O) groups excluding carboxylic acids is 1. The van der Waals surface area contributed by atoms with E-state index in [0.29, 0.717) is 22.8 Å². The Labute approximate surface area is 137 Å². The quantitative estimate of drug-likeness (QED) is 0.825. The topological polar surface area (TPSA) is 38.8 Å². The lowest BCUT2D eigenvalue weighted by atomic mass is 10.00. The van der Waals surface area contributed by atoms with Crippen molar-refractivity contribution >= 4 is 5.91 Å². The molecule has 2 aromatic rings. The van der Waals surface area contributed by atoms with E-state index in [1.165, 1.54) is 0 Å². The summed E-state index contributed by atoms with van der Waals surface area (Å²) in [4.78, 5) is 13.8. The van der Waals surface area contributed by atoms with Crippen LogP contribution in [0, 0.1) is 0 Å². The number of carbonyl (C=O) groups is 1. The lowest BCUT2D eigenvalue weighted by molar-refractivity contribution is 0.0827. The lowest BCUT2D eigenvalue weighted by Gasteiger charge is -2.17. The Morgan fingerprint density at radius 1 is 1.00 bits per heavy atom. The molecular weight excluding hydrogens is 290 g/mol. The molecule has 0 aliphatic carbocycles. The van der Waals surface area contributed by atoms with Gasteiger partial charge in [0.15, 0.2) is 11.5 Å². The minimum atomic E-state index is -0.0508. The van der Waals surface area contributed by atoms with Gasteiger partial charge in [-0.25, -0.2) is 0 Å². The maximum Gasteiger partial charge on any atom is 0.253 e. The van der Waals surface area contributed by atoms with Gasteiger partial charge < -0.3 is 14.4 Å². The molecule has 0 N–H and O–H groups in total. The first-order valence-electron chi connectivity index (χ1n) is 7.60. The highest BCUT2D eigenvalue weighted by atomic mass is 16.5. The molecule has 0 aromatic heterocycles. The van der Waals surface area contributed by atoms with Gasteiger partial charge >= 0.3 is 0 Å². The van der Waals surface area contributed by atoms with Crippen LogP contribution >= 0.6 is 0 Å². The molecule has 0 spiro atoms. The Hall–Kier alpha value is -2.49. The van der Waals surface area contributed by atoms with Crippen molar-refractivity contribution in [1.82, 2.24) is 4.90 Å². The van der Waals surface area contributed by atoms with E-state index in [1.54, 1.807) is 32.2 Å². The number of para-hydroxylation sites is 2. The molecule has 4 heteroatoms. The zero-order chi connectivity index (χ0) is 17.0. The smallest absolute Gasteiger partial charge is 0.253 e. The number of nitrogens with zero attached hydrogens (tertiary/aromatic N) is 1. The minimum Gasteiger partial charge on any atom is -0.493 e. The van der Waals surface area contributed by atoms with E-state index in [4.69, 9.17) is 9.47 Å². The average molecular weight is 313 g/mol. The average Bonchev–Trinajstić information content (AvgIpc) is 2.54. The molecule has 0 fully saturated rings. The number of amides is 1. The molecule has 2 aromatic carbocycles. The first-order valence-corrected chi connectivity index (χ1v) is 7.60. The number of hydrogen-bond acceptors (Lipinski definition) is 3. The van der Waals surface area contributed by atoms with Crippen LogP contribution in [0.25, 0.3) is 0 Å². The molecule has 23 heavy (non-hydrogen) atoms. The van der Waals surface area contributed by atoms with Gasteiger partial charge in [0.2, 0.25) is 0 Å². The first kappa shape index (κ1) is 16.9. The molecule has 0 saturated carbocycles. The maximum absolute atomic E-state index is 12.2. The molecule has 2 rings (SSSR count). The summed E-state index contributed by atoms with van der Waals surface area (Å²) in [5.41, 5.74) is 1.65. The molecular formula is C19H23NO3. The Morgan fingerprint density at radius 2 is 1.65 bits per heavy atom. The van der Waals surface area contributed by atoms with Crippen LogP contribution in [0.4, 0.5) is 0 Å². The van der Waals surface area contributed by atoms with Crippen LogP contribution in [0.3, 0.4) is 0 Å². The molecule has 0 radical (unpaired) electrons. The molecule has 4 nitrogen and oxygen atoms in total. The van der Waals surface area contributed by atoms with Crippen LogP contribution in [0.2, 0.25) is 0 Å². The summed E-state index contributed by atoms with van der Waals surface area (Å²) < 4.78 is 11.4. The predicted molar refractivity (Wildman–Crippen MR) is 91.6 cm³/mol. The summed E-state index contributed by atoms with van der Waals surface area (Å²) in [7, 11) is 5.08. The van der Waals surface area contributed by atoms with Crippen molar-refractivity contribution < 1.29 is 14.3 Å². The predicted octanol–water partition coefficient (Wildman–Crippen LogP) is 4.31. The van der Waals surface area contributed by atoms with E-state index in [2.05, 4.69) is 13.8 Å². The van der Waals surface area contributed by atoms with E-state index in [-0.39, 0.29) is 11.8 Å². The highest BCUT2D eigenvalue weighted by Gasteiger charge is 2.16. The van der Waals surface area contributed by atoms with Crippen LogP contribution in [-0.2, 0) is 0 Å². The minimum absolute atomic E-state index is 0.0508. The van der Waals surface area contributed by atoms with Crippen LogP contribution in [-0.4, -0.2) is 32.0 Å². The highest BCUT2D eigenvalue weighted by Crippen LogP contribution is 2.36. The van der Waals surface area contributed by atoms with Gasteiger partial charge in [-0.2, -0.15) is 0 Å². The Bertz CT molecular complexity index is 693. The van der Waals surface area contributed by atoms with E-state index in [1.807, 2.05) is 36.4 Å². The molecule has 0 unspecified atom stereocenters. The Kier molecular flexibility index (Phi) is 5.27. The van der Waals surface area contributed by atoms with Gasteiger partial charge in [0.1, 0.15) is 5.75 Å². The van der Waals surface area contributed by atoms with Crippen molar-refractivity contribution in [3.8, 4) is 17.2 Å². The van der Waals surface area contributed by atoms with E-state index in [9.17, 15) is 4.79 Å². The molecule has 122 valence electrons. The monoisotopic (exact) mass is 313 g/mol. The summed E-state index contributed by atoms with van der Waals surface area (Å²) >= 11 is 0. The SMILES string of the molecule is COc1ccccc1Oc1cc(C(=O)N(C)C)ccc1C(C)C. The first-order chi connectivity index (χ1) is 10.9. The largest absolute Gasteiger partial charge is 0.493 e. The number of methoxy groups -OCH3 is 1. The van der Waals surface area contributed by atoms with Gasteiger partial charge in [-0.05, 0) is 35.7 Å². The molecule has 0 aliphatic rings. The Morgan fingerprint density at radius 3 is 2.22 bits per heavy atom. The van der Waals surface area contributed by atoms with Gasteiger partial charge in [-0.3, -0.25) is 4.79 Å². The van der Waals surface area contributed by atoms with Crippen LogP contribution in [0.1, 0.15) is 35.7 Å². The van der Waals surface area contributed by atoms with Crippen LogP contribution in [0.15, 0.2) is 42.5 Å². The molecule has 0 atom stereocenters. The number of rotatable bonds is 5. The second kappa shape index (κ2) is 7.18. The van der Waals surface area contributed by atoms with Gasteiger partial charge in [0, 0.05) is 19.7 Å². The Balaban J connectivity index is 2.45. The summed E-state index contributed by atoms with van der Waals surface area (Å²) in [5, 5.41) is 0. The van der Waals surface area contributed by atoms with Gasteiger partial charge in [-0.1, -0.05) is 32.0 Å².